The van der Waals surface area contributed by atoms with Crippen molar-refractivity contribution in [1.82, 2.24) is 15.0 Å². The summed E-state index contributed by atoms with van der Waals surface area (Å²) in [6.45, 7) is 0. The van der Waals surface area contributed by atoms with E-state index < -0.39 is 11.7 Å². The summed E-state index contributed by atoms with van der Waals surface area (Å²) >= 11 is 0. The highest BCUT2D eigenvalue weighted by Crippen LogP contribution is 2.32. The number of nitrogens with two attached hydrogens (primary N) is 1. The number of pyridine rings is 1. The van der Waals surface area contributed by atoms with E-state index in [1.165, 1.54) is 18.7 Å². The van der Waals surface area contributed by atoms with Crippen molar-refractivity contribution in [1.29, 1.82) is 0 Å². The third kappa shape index (κ3) is 2.32. The first-order valence-electron chi connectivity index (χ1n) is 4.56. The van der Waals surface area contributed by atoms with Crippen molar-refractivity contribution in [3.63, 3.8) is 0 Å². The number of hydrogen-bond donors (Lipinski definition) is 1. The lowest BCUT2D eigenvalue weighted by Crippen LogP contribution is -2.06. The monoisotopic (exact) mass is 240 g/mol. The van der Waals surface area contributed by atoms with Crippen molar-refractivity contribution >= 4 is 5.82 Å². The first kappa shape index (κ1) is 11.3. The Kier molecular flexibility index (Phi) is 2.66. The number of rotatable bonds is 1. The van der Waals surface area contributed by atoms with Gasteiger partial charge in [0.05, 0.1) is 5.56 Å². The van der Waals surface area contributed by atoms with Gasteiger partial charge in [0.15, 0.2) is 0 Å². The minimum absolute atomic E-state index is 0.112. The van der Waals surface area contributed by atoms with E-state index in [-0.39, 0.29) is 11.4 Å². The molecule has 2 aromatic rings. The smallest absolute Gasteiger partial charge is 0.383 e. The zero-order valence-corrected chi connectivity index (χ0v) is 8.44. The van der Waals surface area contributed by atoms with Gasteiger partial charge in [-0.2, -0.15) is 13.2 Å². The Morgan fingerprint density at radius 2 is 1.82 bits per heavy atom. The summed E-state index contributed by atoms with van der Waals surface area (Å²) in [4.78, 5) is 11.0. The summed E-state index contributed by atoms with van der Waals surface area (Å²) < 4.78 is 37.4. The maximum atomic E-state index is 12.5. The first-order valence-corrected chi connectivity index (χ1v) is 4.56. The highest BCUT2D eigenvalue weighted by molar-refractivity contribution is 5.72. The average Bonchev–Trinajstić information content (AvgIpc) is 2.29. The summed E-state index contributed by atoms with van der Waals surface area (Å²) in [6.07, 6.45) is 0.167. The van der Waals surface area contributed by atoms with Crippen LogP contribution in [0.25, 0.3) is 11.1 Å². The molecule has 0 aliphatic rings. The second-order valence-corrected chi connectivity index (χ2v) is 3.28. The SMILES string of the molecule is Nc1ncncc1-c1cncc(C(F)(F)F)c1. The van der Waals surface area contributed by atoms with Gasteiger partial charge in [0.25, 0.3) is 0 Å². The molecule has 0 bridgehead atoms. The Hall–Kier alpha value is -2.18. The number of anilines is 1. The van der Waals surface area contributed by atoms with Crippen molar-refractivity contribution in [3.8, 4) is 11.1 Å². The van der Waals surface area contributed by atoms with Crippen LogP contribution in [0.3, 0.4) is 0 Å². The van der Waals surface area contributed by atoms with Crippen LogP contribution in [0.5, 0.6) is 0 Å². The van der Waals surface area contributed by atoms with Crippen LogP contribution in [-0.4, -0.2) is 15.0 Å². The second-order valence-electron chi connectivity index (χ2n) is 3.28. The molecule has 0 saturated heterocycles. The van der Waals surface area contributed by atoms with Gasteiger partial charge in [-0.3, -0.25) is 4.98 Å². The molecule has 7 heteroatoms. The quantitative estimate of drug-likeness (QED) is 0.829. The van der Waals surface area contributed by atoms with E-state index in [9.17, 15) is 13.2 Å². The first-order chi connectivity index (χ1) is 7.98. The van der Waals surface area contributed by atoms with Gasteiger partial charge in [0.1, 0.15) is 12.1 Å². The number of nitrogen functional groups attached to an aromatic ring is 1. The molecule has 2 N–H and O–H groups in total. The molecule has 17 heavy (non-hydrogen) atoms. The predicted molar refractivity (Wildman–Crippen MR) is 54.7 cm³/mol. The van der Waals surface area contributed by atoms with E-state index in [4.69, 9.17) is 5.73 Å². The van der Waals surface area contributed by atoms with E-state index >= 15 is 0 Å². The van der Waals surface area contributed by atoms with Crippen LogP contribution < -0.4 is 5.73 Å². The minimum Gasteiger partial charge on any atom is -0.383 e. The summed E-state index contributed by atoms with van der Waals surface area (Å²) in [7, 11) is 0. The van der Waals surface area contributed by atoms with Gasteiger partial charge in [0.2, 0.25) is 0 Å². The van der Waals surface area contributed by atoms with Gasteiger partial charge >= 0.3 is 6.18 Å². The zero-order chi connectivity index (χ0) is 12.5. The summed E-state index contributed by atoms with van der Waals surface area (Å²) in [5, 5.41) is 0. The number of hydrogen-bond acceptors (Lipinski definition) is 4. The standard InChI is InChI=1S/C10H7F3N4/c11-10(12,13)7-1-6(2-15-3-7)8-4-16-5-17-9(8)14/h1-5H,(H2,14,16,17). The molecule has 0 unspecified atom stereocenters. The molecule has 0 aliphatic heterocycles. The van der Waals surface area contributed by atoms with Gasteiger partial charge in [-0.05, 0) is 6.07 Å². The Morgan fingerprint density at radius 1 is 1.06 bits per heavy atom. The molecule has 88 valence electrons. The highest BCUT2D eigenvalue weighted by Gasteiger charge is 2.31. The lowest BCUT2D eigenvalue weighted by molar-refractivity contribution is -0.137. The molecule has 0 saturated carbocycles. The van der Waals surface area contributed by atoms with Crippen LogP contribution in [0.1, 0.15) is 5.56 Å². The topological polar surface area (TPSA) is 64.7 Å². The van der Waals surface area contributed by atoms with E-state index in [1.54, 1.807) is 0 Å². The fraction of sp³-hybridized carbons (Fsp3) is 0.100. The molecule has 2 heterocycles. The molecule has 0 fully saturated rings. The fourth-order valence-electron chi connectivity index (χ4n) is 1.30. The van der Waals surface area contributed by atoms with E-state index in [2.05, 4.69) is 15.0 Å². The van der Waals surface area contributed by atoms with Crippen molar-refractivity contribution in [2.24, 2.45) is 0 Å². The minimum atomic E-state index is -4.44. The van der Waals surface area contributed by atoms with Crippen LogP contribution in [-0.2, 0) is 6.18 Å². The molecular formula is C10H7F3N4. The second kappa shape index (κ2) is 4.00. The average molecular weight is 240 g/mol. The van der Waals surface area contributed by atoms with E-state index in [0.29, 0.717) is 5.56 Å². The molecule has 0 aromatic carbocycles. The third-order valence-electron chi connectivity index (χ3n) is 2.12. The largest absolute Gasteiger partial charge is 0.417 e. The lowest BCUT2D eigenvalue weighted by Gasteiger charge is -2.08. The Bertz CT molecular complexity index is 539. The van der Waals surface area contributed by atoms with Crippen LogP contribution in [0.4, 0.5) is 19.0 Å². The molecule has 4 nitrogen and oxygen atoms in total. The molecule has 0 spiro atoms. The number of aromatic nitrogens is 3. The molecule has 2 aromatic heterocycles. The van der Waals surface area contributed by atoms with Gasteiger partial charge in [-0.1, -0.05) is 0 Å². The zero-order valence-electron chi connectivity index (χ0n) is 8.44. The number of alkyl halides is 3. The Morgan fingerprint density at radius 3 is 2.47 bits per heavy atom. The van der Waals surface area contributed by atoms with Crippen LogP contribution >= 0.6 is 0 Å². The molecule has 2 rings (SSSR count). The number of halogens is 3. The van der Waals surface area contributed by atoms with Gasteiger partial charge in [-0.15, -0.1) is 0 Å². The third-order valence-corrected chi connectivity index (χ3v) is 2.12. The maximum absolute atomic E-state index is 12.5. The lowest BCUT2D eigenvalue weighted by atomic mass is 10.1. The molecule has 0 aliphatic carbocycles. The molecule has 0 radical (unpaired) electrons. The van der Waals surface area contributed by atoms with E-state index in [0.717, 1.165) is 12.3 Å². The van der Waals surface area contributed by atoms with Crippen LogP contribution in [0.2, 0.25) is 0 Å². The molecule has 0 amide bonds. The van der Waals surface area contributed by atoms with Crippen molar-refractivity contribution in [2.75, 3.05) is 5.73 Å². The van der Waals surface area contributed by atoms with E-state index in [1.807, 2.05) is 0 Å². The van der Waals surface area contributed by atoms with Crippen LogP contribution in [0, 0.1) is 0 Å². The summed E-state index contributed by atoms with van der Waals surface area (Å²) in [5.74, 6) is 0.112. The van der Waals surface area contributed by atoms with Gasteiger partial charge < -0.3 is 5.73 Å². The Labute approximate surface area is 94.3 Å². The predicted octanol–water partition coefficient (Wildman–Crippen LogP) is 2.14. The Balaban J connectivity index is 2.51. The maximum Gasteiger partial charge on any atom is 0.417 e. The van der Waals surface area contributed by atoms with Crippen molar-refractivity contribution in [3.05, 3.63) is 36.5 Å². The number of nitrogens with zero attached hydrogens (tertiary/aromatic N) is 3. The fourth-order valence-corrected chi connectivity index (χ4v) is 1.30. The summed E-state index contributed by atoms with van der Waals surface area (Å²) in [6, 6.07) is 0.960. The summed E-state index contributed by atoms with van der Waals surface area (Å²) in [5.41, 5.74) is 5.28. The highest BCUT2D eigenvalue weighted by atomic mass is 19.4. The van der Waals surface area contributed by atoms with Gasteiger partial charge in [-0.25, -0.2) is 9.97 Å². The van der Waals surface area contributed by atoms with Gasteiger partial charge in [0, 0.05) is 29.7 Å². The molecule has 0 atom stereocenters. The van der Waals surface area contributed by atoms with Crippen molar-refractivity contribution < 1.29 is 13.2 Å². The normalized spacial score (nSPS) is 11.5. The van der Waals surface area contributed by atoms with Crippen LogP contribution in [0.15, 0.2) is 31.0 Å². The van der Waals surface area contributed by atoms with Crippen molar-refractivity contribution in [2.45, 2.75) is 6.18 Å². The molecular weight excluding hydrogens is 233 g/mol.